The van der Waals surface area contributed by atoms with Gasteiger partial charge in [-0.2, -0.15) is 4.98 Å². The van der Waals surface area contributed by atoms with E-state index in [1.54, 1.807) is 23.2 Å². The van der Waals surface area contributed by atoms with Gasteiger partial charge in [-0.05, 0) is 29.8 Å². The van der Waals surface area contributed by atoms with E-state index in [9.17, 15) is 8.78 Å². The van der Waals surface area contributed by atoms with E-state index >= 15 is 0 Å². The zero-order valence-electron chi connectivity index (χ0n) is 15.3. The van der Waals surface area contributed by atoms with E-state index in [1.807, 2.05) is 22.9 Å². The first-order valence-corrected chi connectivity index (χ1v) is 8.76. The molecule has 0 bridgehead atoms. The van der Waals surface area contributed by atoms with Crippen molar-refractivity contribution < 1.29 is 13.5 Å². The molecule has 5 rings (SSSR count). The first-order chi connectivity index (χ1) is 14.1. The van der Waals surface area contributed by atoms with Crippen LogP contribution in [-0.4, -0.2) is 36.2 Å². The SMILES string of the molecule is COc1nc2ncc(-n3ccc4nccnc43)cc2n1Cc1cc(F)cc(F)c1. The second kappa shape index (κ2) is 6.62. The van der Waals surface area contributed by atoms with Gasteiger partial charge in [0, 0.05) is 24.7 Å². The Labute approximate surface area is 163 Å². The van der Waals surface area contributed by atoms with Crippen molar-refractivity contribution in [2.75, 3.05) is 7.11 Å². The van der Waals surface area contributed by atoms with E-state index in [0.29, 0.717) is 28.4 Å². The van der Waals surface area contributed by atoms with Crippen molar-refractivity contribution >= 4 is 22.3 Å². The molecule has 0 amide bonds. The standard InChI is InChI=1S/C20H14F2N6O/c1-29-20-26-18-17(28(20)11-12-6-13(21)8-14(22)7-12)9-15(10-25-18)27-5-2-16-19(27)24-4-3-23-16/h2-10H,11H2,1H3. The number of hydrogen-bond donors (Lipinski definition) is 0. The highest BCUT2D eigenvalue weighted by Gasteiger charge is 2.15. The molecular formula is C20H14F2N6O. The van der Waals surface area contributed by atoms with Crippen LogP contribution in [0, 0.1) is 11.6 Å². The van der Waals surface area contributed by atoms with Gasteiger partial charge in [-0.3, -0.25) is 14.1 Å². The normalized spacial score (nSPS) is 11.4. The molecular weight excluding hydrogens is 378 g/mol. The van der Waals surface area contributed by atoms with E-state index in [-0.39, 0.29) is 6.54 Å². The van der Waals surface area contributed by atoms with Crippen LogP contribution in [-0.2, 0) is 6.54 Å². The number of pyridine rings is 1. The van der Waals surface area contributed by atoms with Crippen molar-refractivity contribution in [1.29, 1.82) is 0 Å². The highest BCUT2D eigenvalue weighted by Crippen LogP contribution is 2.25. The van der Waals surface area contributed by atoms with Gasteiger partial charge in [-0.1, -0.05) is 0 Å². The Morgan fingerprint density at radius 2 is 1.79 bits per heavy atom. The molecule has 4 aromatic heterocycles. The molecule has 5 aromatic rings. The topological polar surface area (TPSA) is 70.7 Å². The molecule has 0 N–H and O–H groups in total. The lowest BCUT2D eigenvalue weighted by Crippen LogP contribution is -2.04. The van der Waals surface area contributed by atoms with Crippen molar-refractivity contribution in [3.05, 3.63) is 72.3 Å². The fourth-order valence-electron chi connectivity index (χ4n) is 3.37. The number of benzene rings is 1. The average Bonchev–Trinajstić information content (AvgIpc) is 3.28. The second-order valence-electron chi connectivity index (χ2n) is 6.45. The Morgan fingerprint density at radius 3 is 2.59 bits per heavy atom. The third-order valence-corrected chi connectivity index (χ3v) is 4.60. The average molecular weight is 392 g/mol. The molecule has 0 aliphatic rings. The summed E-state index contributed by atoms with van der Waals surface area (Å²) in [5.74, 6) is -1.28. The van der Waals surface area contributed by atoms with Crippen LogP contribution < -0.4 is 4.74 Å². The lowest BCUT2D eigenvalue weighted by molar-refractivity contribution is 0.364. The summed E-state index contributed by atoms with van der Waals surface area (Å²) in [4.78, 5) is 17.4. The van der Waals surface area contributed by atoms with Crippen molar-refractivity contribution in [3.63, 3.8) is 0 Å². The Balaban J connectivity index is 1.66. The van der Waals surface area contributed by atoms with Gasteiger partial charge in [0.25, 0.3) is 6.01 Å². The van der Waals surface area contributed by atoms with Crippen LogP contribution in [0.15, 0.2) is 55.1 Å². The van der Waals surface area contributed by atoms with Crippen LogP contribution in [0.2, 0.25) is 0 Å². The van der Waals surface area contributed by atoms with E-state index in [0.717, 1.165) is 17.3 Å². The number of rotatable bonds is 4. The summed E-state index contributed by atoms with van der Waals surface area (Å²) in [6.45, 7) is 0.172. The van der Waals surface area contributed by atoms with Crippen molar-refractivity contribution in [2.24, 2.45) is 0 Å². The predicted molar refractivity (Wildman–Crippen MR) is 102 cm³/mol. The fourth-order valence-corrected chi connectivity index (χ4v) is 3.37. The number of nitrogens with zero attached hydrogens (tertiary/aromatic N) is 6. The van der Waals surface area contributed by atoms with Gasteiger partial charge < -0.3 is 4.74 Å². The minimum atomic E-state index is -0.639. The minimum absolute atomic E-state index is 0.172. The number of hydrogen-bond acceptors (Lipinski definition) is 5. The molecule has 0 radical (unpaired) electrons. The third kappa shape index (κ3) is 2.96. The maximum atomic E-state index is 13.6. The lowest BCUT2D eigenvalue weighted by atomic mass is 10.2. The van der Waals surface area contributed by atoms with E-state index in [2.05, 4.69) is 19.9 Å². The summed E-state index contributed by atoms with van der Waals surface area (Å²) < 4.78 is 36.2. The molecule has 9 heteroatoms. The van der Waals surface area contributed by atoms with Gasteiger partial charge in [0.2, 0.25) is 0 Å². The number of methoxy groups -OCH3 is 1. The van der Waals surface area contributed by atoms with E-state index < -0.39 is 11.6 Å². The zero-order valence-corrected chi connectivity index (χ0v) is 15.3. The Bertz CT molecular complexity index is 1340. The molecule has 4 heterocycles. The van der Waals surface area contributed by atoms with Gasteiger partial charge in [0.1, 0.15) is 17.2 Å². The first-order valence-electron chi connectivity index (χ1n) is 8.76. The number of fused-ring (bicyclic) bond motifs is 2. The first kappa shape index (κ1) is 17.2. The molecule has 7 nitrogen and oxygen atoms in total. The Morgan fingerprint density at radius 1 is 1.00 bits per heavy atom. The minimum Gasteiger partial charge on any atom is -0.468 e. The largest absolute Gasteiger partial charge is 0.468 e. The van der Waals surface area contributed by atoms with Crippen molar-refractivity contribution in [1.82, 2.24) is 29.1 Å². The van der Waals surface area contributed by atoms with Gasteiger partial charge in [0.15, 0.2) is 11.3 Å². The third-order valence-electron chi connectivity index (χ3n) is 4.60. The van der Waals surface area contributed by atoms with Crippen molar-refractivity contribution in [2.45, 2.75) is 6.54 Å². The summed E-state index contributed by atoms with van der Waals surface area (Å²) in [7, 11) is 1.49. The molecule has 29 heavy (non-hydrogen) atoms. The Hall–Kier alpha value is -3.88. The molecule has 0 atom stereocenters. The number of halogens is 2. The summed E-state index contributed by atoms with van der Waals surface area (Å²) >= 11 is 0. The fraction of sp³-hybridized carbons (Fsp3) is 0.100. The van der Waals surface area contributed by atoms with Crippen LogP contribution in [0.1, 0.15) is 5.56 Å². The number of imidazole rings is 1. The maximum absolute atomic E-state index is 13.6. The van der Waals surface area contributed by atoms with E-state index in [4.69, 9.17) is 4.74 Å². The monoisotopic (exact) mass is 392 g/mol. The summed E-state index contributed by atoms with van der Waals surface area (Å²) in [6.07, 6.45) is 6.78. The second-order valence-corrected chi connectivity index (χ2v) is 6.45. The summed E-state index contributed by atoms with van der Waals surface area (Å²) in [5.41, 5.74) is 3.78. The molecule has 0 saturated heterocycles. The molecule has 144 valence electrons. The smallest absolute Gasteiger partial charge is 0.298 e. The van der Waals surface area contributed by atoms with Gasteiger partial charge in [0.05, 0.1) is 31.1 Å². The van der Waals surface area contributed by atoms with E-state index in [1.165, 1.54) is 19.2 Å². The summed E-state index contributed by atoms with van der Waals surface area (Å²) in [5, 5.41) is 0. The highest BCUT2D eigenvalue weighted by molar-refractivity contribution is 5.78. The molecule has 0 unspecified atom stereocenters. The van der Waals surface area contributed by atoms with Crippen molar-refractivity contribution in [3.8, 4) is 11.7 Å². The molecule has 0 saturated carbocycles. The van der Waals surface area contributed by atoms with Crippen LogP contribution in [0.5, 0.6) is 6.01 Å². The van der Waals surface area contributed by atoms with Gasteiger partial charge in [-0.25, -0.2) is 18.7 Å². The maximum Gasteiger partial charge on any atom is 0.298 e. The Kier molecular flexibility index (Phi) is 3.94. The highest BCUT2D eigenvalue weighted by atomic mass is 19.1. The number of aromatic nitrogens is 6. The quantitative estimate of drug-likeness (QED) is 0.468. The summed E-state index contributed by atoms with van der Waals surface area (Å²) in [6, 6.07) is 7.43. The molecule has 0 aliphatic carbocycles. The van der Waals surface area contributed by atoms with Crippen LogP contribution in [0.3, 0.4) is 0 Å². The van der Waals surface area contributed by atoms with Gasteiger partial charge in [-0.15, -0.1) is 0 Å². The lowest BCUT2D eigenvalue weighted by Gasteiger charge is -2.09. The van der Waals surface area contributed by atoms with Crippen LogP contribution in [0.4, 0.5) is 8.78 Å². The molecule has 0 spiro atoms. The van der Waals surface area contributed by atoms with Crippen LogP contribution >= 0.6 is 0 Å². The zero-order chi connectivity index (χ0) is 20.0. The molecule has 0 aliphatic heterocycles. The molecule has 0 fully saturated rings. The van der Waals surface area contributed by atoms with Crippen LogP contribution in [0.25, 0.3) is 28.0 Å². The number of ether oxygens (including phenoxy) is 1. The predicted octanol–water partition coefficient (Wildman–Crippen LogP) is 3.50. The molecule has 1 aromatic carbocycles. The van der Waals surface area contributed by atoms with Gasteiger partial charge >= 0.3 is 0 Å².